The van der Waals surface area contributed by atoms with E-state index in [2.05, 4.69) is 12.2 Å². The minimum absolute atomic E-state index is 0. The SMILES string of the molecule is CCCN(C(=O)c1ccc(OCc2ccccc2)cc1)C1CCNC1.Cl. The zero-order chi connectivity index (χ0) is 17.5. The summed E-state index contributed by atoms with van der Waals surface area (Å²) in [6, 6.07) is 17.9. The van der Waals surface area contributed by atoms with Crippen molar-refractivity contribution in [2.75, 3.05) is 19.6 Å². The Morgan fingerprint density at radius 3 is 2.50 bits per heavy atom. The molecule has 2 aromatic rings. The van der Waals surface area contributed by atoms with Gasteiger partial charge in [-0.15, -0.1) is 12.4 Å². The molecule has 1 saturated heterocycles. The minimum Gasteiger partial charge on any atom is -0.489 e. The zero-order valence-electron chi connectivity index (χ0n) is 15.2. The van der Waals surface area contributed by atoms with Gasteiger partial charge in [-0.1, -0.05) is 37.3 Å². The van der Waals surface area contributed by atoms with Crippen molar-refractivity contribution in [3.8, 4) is 5.75 Å². The first kappa shape index (κ1) is 20.3. The third kappa shape index (κ3) is 5.23. The fourth-order valence-electron chi connectivity index (χ4n) is 3.20. The summed E-state index contributed by atoms with van der Waals surface area (Å²) in [7, 11) is 0. The third-order valence-corrected chi connectivity index (χ3v) is 4.55. The van der Waals surface area contributed by atoms with Crippen LogP contribution < -0.4 is 10.1 Å². The molecular formula is C21H27ClN2O2. The van der Waals surface area contributed by atoms with Crippen molar-refractivity contribution in [3.63, 3.8) is 0 Å². The first-order valence-electron chi connectivity index (χ1n) is 9.06. The Morgan fingerprint density at radius 1 is 1.15 bits per heavy atom. The van der Waals surface area contributed by atoms with Gasteiger partial charge in [0.15, 0.2) is 0 Å². The van der Waals surface area contributed by atoms with Crippen molar-refractivity contribution in [1.29, 1.82) is 0 Å². The van der Waals surface area contributed by atoms with E-state index in [0.717, 1.165) is 49.4 Å². The molecule has 0 spiro atoms. The molecule has 0 radical (unpaired) electrons. The van der Waals surface area contributed by atoms with E-state index < -0.39 is 0 Å². The van der Waals surface area contributed by atoms with Gasteiger partial charge >= 0.3 is 0 Å². The van der Waals surface area contributed by atoms with Crippen LogP contribution in [0.4, 0.5) is 0 Å². The Labute approximate surface area is 162 Å². The quantitative estimate of drug-likeness (QED) is 0.799. The molecule has 1 atom stereocenters. The molecule has 3 rings (SSSR count). The lowest BCUT2D eigenvalue weighted by molar-refractivity contribution is 0.0692. The largest absolute Gasteiger partial charge is 0.489 e. The maximum Gasteiger partial charge on any atom is 0.254 e. The second-order valence-corrected chi connectivity index (χ2v) is 6.44. The van der Waals surface area contributed by atoms with Crippen LogP contribution in [0.1, 0.15) is 35.7 Å². The monoisotopic (exact) mass is 374 g/mol. The lowest BCUT2D eigenvalue weighted by atomic mass is 10.1. The summed E-state index contributed by atoms with van der Waals surface area (Å²) in [5, 5.41) is 3.35. The Balaban J connectivity index is 0.00000243. The molecular weight excluding hydrogens is 348 g/mol. The lowest BCUT2D eigenvalue weighted by Crippen LogP contribution is -2.42. The summed E-state index contributed by atoms with van der Waals surface area (Å²) >= 11 is 0. The molecule has 2 aromatic carbocycles. The van der Waals surface area contributed by atoms with Crippen LogP contribution in [0.15, 0.2) is 54.6 Å². The van der Waals surface area contributed by atoms with Gasteiger partial charge in [0.05, 0.1) is 0 Å². The lowest BCUT2D eigenvalue weighted by Gasteiger charge is -2.28. The first-order chi connectivity index (χ1) is 12.3. The standard InChI is InChI=1S/C21H26N2O2.ClH/c1-2-14-23(19-12-13-22-15-19)21(24)18-8-10-20(11-9-18)25-16-17-6-4-3-5-7-17;/h3-11,19,22H,2,12-16H2,1H3;1H. The summed E-state index contributed by atoms with van der Waals surface area (Å²) < 4.78 is 5.80. The molecule has 1 aliphatic rings. The average Bonchev–Trinajstić information content (AvgIpc) is 3.19. The predicted molar refractivity (Wildman–Crippen MR) is 107 cm³/mol. The maximum absolute atomic E-state index is 12.9. The number of carbonyl (C=O) groups is 1. The number of nitrogens with one attached hydrogen (secondary N) is 1. The fraction of sp³-hybridized carbons (Fsp3) is 0.381. The van der Waals surface area contributed by atoms with Gasteiger partial charge in [-0.05, 0) is 49.2 Å². The Kier molecular flexibility index (Phi) is 7.95. The van der Waals surface area contributed by atoms with Crippen LogP contribution in [0, 0.1) is 0 Å². The van der Waals surface area contributed by atoms with E-state index in [1.807, 2.05) is 59.5 Å². The van der Waals surface area contributed by atoms with Crippen LogP contribution in [0.25, 0.3) is 0 Å². The summed E-state index contributed by atoms with van der Waals surface area (Å²) in [6.07, 6.45) is 2.00. The molecule has 26 heavy (non-hydrogen) atoms. The smallest absolute Gasteiger partial charge is 0.254 e. The van der Waals surface area contributed by atoms with E-state index in [1.165, 1.54) is 0 Å². The number of carbonyl (C=O) groups excluding carboxylic acids is 1. The van der Waals surface area contributed by atoms with Crippen molar-refractivity contribution >= 4 is 18.3 Å². The maximum atomic E-state index is 12.9. The molecule has 0 bridgehead atoms. The number of rotatable bonds is 7. The van der Waals surface area contributed by atoms with E-state index in [-0.39, 0.29) is 18.3 Å². The molecule has 1 amide bonds. The van der Waals surface area contributed by atoms with Crippen LogP contribution in [0.3, 0.4) is 0 Å². The van der Waals surface area contributed by atoms with Gasteiger partial charge < -0.3 is 15.0 Å². The second kappa shape index (κ2) is 10.2. The van der Waals surface area contributed by atoms with Crippen LogP contribution >= 0.6 is 12.4 Å². The number of benzene rings is 2. The second-order valence-electron chi connectivity index (χ2n) is 6.44. The number of hydrogen-bond donors (Lipinski definition) is 1. The van der Waals surface area contributed by atoms with Gasteiger partial charge in [0.2, 0.25) is 0 Å². The van der Waals surface area contributed by atoms with Gasteiger partial charge in [0.1, 0.15) is 12.4 Å². The molecule has 5 heteroatoms. The Morgan fingerprint density at radius 2 is 1.88 bits per heavy atom. The molecule has 140 valence electrons. The topological polar surface area (TPSA) is 41.6 Å². The summed E-state index contributed by atoms with van der Waals surface area (Å²) in [5.41, 5.74) is 1.86. The summed E-state index contributed by atoms with van der Waals surface area (Å²) in [5.74, 6) is 0.898. The number of halogens is 1. The van der Waals surface area contributed by atoms with Crippen molar-refractivity contribution < 1.29 is 9.53 Å². The highest BCUT2D eigenvalue weighted by Crippen LogP contribution is 2.18. The number of ether oxygens (including phenoxy) is 1. The van der Waals surface area contributed by atoms with E-state index in [9.17, 15) is 4.79 Å². The predicted octanol–water partition coefficient (Wildman–Crippen LogP) is 3.90. The summed E-state index contributed by atoms with van der Waals surface area (Å²) in [4.78, 5) is 14.9. The zero-order valence-corrected chi connectivity index (χ0v) is 16.0. The molecule has 1 N–H and O–H groups in total. The van der Waals surface area contributed by atoms with Crippen molar-refractivity contribution in [3.05, 3.63) is 65.7 Å². The normalized spacial score (nSPS) is 16.0. The molecule has 0 aliphatic carbocycles. The number of hydrogen-bond acceptors (Lipinski definition) is 3. The number of amides is 1. The summed E-state index contributed by atoms with van der Waals surface area (Å²) in [6.45, 7) is 5.33. The highest BCUT2D eigenvalue weighted by atomic mass is 35.5. The van der Waals surface area contributed by atoms with Gasteiger partial charge in [-0.25, -0.2) is 0 Å². The Bertz CT molecular complexity index is 670. The molecule has 0 saturated carbocycles. The van der Waals surface area contributed by atoms with Crippen molar-refractivity contribution in [1.82, 2.24) is 10.2 Å². The molecule has 1 unspecified atom stereocenters. The Hall–Kier alpha value is -2.04. The minimum atomic E-state index is 0. The van der Waals surface area contributed by atoms with Crippen molar-refractivity contribution in [2.45, 2.75) is 32.4 Å². The average molecular weight is 375 g/mol. The van der Waals surface area contributed by atoms with Gasteiger partial charge in [0.25, 0.3) is 5.91 Å². The number of nitrogens with zero attached hydrogens (tertiary/aromatic N) is 1. The van der Waals surface area contributed by atoms with Crippen molar-refractivity contribution in [2.24, 2.45) is 0 Å². The van der Waals surface area contributed by atoms with Crippen LogP contribution in [0.2, 0.25) is 0 Å². The van der Waals surface area contributed by atoms with E-state index in [0.29, 0.717) is 12.6 Å². The molecule has 0 aromatic heterocycles. The van der Waals surface area contributed by atoms with E-state index >= 15 is 0 Å². The molecule has 1 aliphatic heterocycles. The van der Waals surface area contributed by atoms with E-state index in [4.69, 9.17) is 4.74 Å². The van der Waals surface area contributed by atoms with Gasteiger partial charge in [-0.2, -0.15) is 0 Å². The highest BCUT2D eigenvalue weighted by Gasteiger charge is 2.26. The highest BCUT2D eigenvalue weighted by molar-refractivity contribution is 5.94. The molecule has 4 nitrogen and oxygen atoms in total. The van der Waals surface area contributed by atoms with Crippen LogP contribution in [-0.4, -0.2) is 36.5 Å². The van der Waals surface area contributed by atoms with Gasteiger partial charge in [0, 0.05) is 24.7 Å². The van der Waals surface area contributed by atoms with E-state index in [1.54, 1.807) is 0 Å². The fourth-order valence-corrected chi connectivity index (χ4v) is 3.20. The van der Waals surface area contributed by atoms with Gasteiger partial charge in [-0.3, -0.25) is 4.79 Å². The van der Waals surface area contributed by atoms with Crippen LogP contribution in [-0.2, 0) is 6.61 Å². The van der Waals surface area contributed by atoms with Crippen LogP contribution in [0.5, 0.6) is 5.75 Å². The first-order valence-corrected chi connectivity index (χ1v) is 9.06. The molecule has 1 fully saturated rings. The third-order valence-electron chi connectivity index (χ3n) is 4.55. The molecule has 1 heterocycles.